The highest BCUT2D eigenvalue weighted by molar-refractivity contribution is 5.29. The molecule has 0 aliphatic carbocycles. The molecule has 0 aromatic heterocycles. The van der Waals surface area contributed by atoms with Crippen LogP contribution in [0, 0.1) is 5.92 Å². The number of likely N-dealkylation sites (N-methyl/N-ethyl adjacent to an activating group) is 1. The summed E-state index contributed by atoms with van der Waals surface area (Å²) in [5.74, 6) is 1.37. The third-order valence-electron chi connectivity index (χ3n) is 2.73. The summed E-state index contributed by atoms with van der Waals surface area (Å²) < 4.78 is 5.59. The van der Waals surface area contributed by atoms with Gasteiger partial charge in [0.25, 0.3) is 0 Å². The van der Waals surface area contributed by atoms with E-state index in [2.05, 4.69) is 19.2 Å². The van der Waals surface area contributed by atoms with Gasteiger partial charge in [-0.05, 0) is 37.6 Å². The minimum atomic E-state index is -0.487. The van der Waals surface area contributed by atoms with Crippen LogP contribution in [0.25, 0.3) is 0 Å². The Bertz CT molecular complexity index is 321. The Kier molecular flexibility index (Phi) is 5.45. The Morgan fingerprint density at radius 1 is 1.18 bits per heavy atom. The topological polar surface area (TPSA) is 41.5 Å². The van der Waals surface area contributed by atoms with Gasteiger partial charge in [0.05, 0.1) is 12.7 Å². The number of aliphatic hydroxyl groups excluding tert-OH is 1. The van der Waals surface area contributed by atoms with Crippen molar-refractivity contribution in [3.8, 4) is 5.75 Å². The van der Waals surface area contributed by atoms with Gasteiger partial charge in [-0.25, -0.2) is 0 Å². The van der Waals surface area contributed by atoms with Gasteiger partial charge in [-0.1, -0.05) is 26.0 Å². The molecule has 1 aromatic rings. The first-order chi connectivity index (χ1) is 8.04. The van der Waals surface area contributed by atoms with E-state index in [4.69, 9.17) is 4.74 Å². The standard InChI is InChI=1S/C14H23NO2/c1-10(2)9-17-13-7-5-12(6-8-13)14(16)11(3)15-4/h5-8,10-11,14-16H,9H2,1-4H3. The molecule has 17 heavy (non-hydrogen) atoms. The van der Waals surface area contributed by atoms with E-state index in [0.717, 1.165) is 17.9 Å². The molecule has 0 saturated carbocycles. The van der Waals surface area contributed by atoms with E-state index in [0.29, 0.717) is 5.92 Å². The predicted molar refractivity (Wildman–Crippen MR) is 70.3 cm³/mol. The molecular formula is C14H23NO2. The van der Waals surface area contributed by atoms with Crippen LogP contribution >= 0.6 is 0 Å². The zero-order chi connectivity index (χ0) is 12.8. The van der Waals surface area contributed by atoms with E-state index in [1.165, 1.54) is 0 Å². The molecule has 0 radical (unpaired) electrons. The van der Waals surface area contributed by atoms with E-state index in [9.17, 15) is 5.11 Å². The quantitative estimate of drug-likeness (QED) is 0.798. The summed E-state index contributed by atoms with van der Waals surface area (Å²) in [6.45, 7) is 6.90. The largest absolute Gasteiger partial charge is 0.493 e. The second-order valence-electron chi connectivity index (χ2n) is 4.80. The van der Waals surface area contributed by atoms with Crippen molar-refractivity contribution in [2.75, 3.05) is 13.7 Å². The fourth-order valence-electron chi connectivity index (χ4n) is 1.47. The van der Waals surface area contributed by atoms with Crippen molar-refractivity contribution in [1.29, 1.82) is 0 Å². The molecule has 1 aromatic carbocycles. The number of aliphatic hydroxyl groups is 1. The van der Waals surface area contributed by atoms with Crippen molar-refractivity contribution in [2.45, 2.75) is 32.9 Å². The molecule has 1 rings (SSSR count). The zero-order valence-electron chi connectivity index (χ0n) is 11.1. The summed E-state index contributed by atoms with van der Waals surface area (Å²) in [7, 11) is 1.84. The normalized spacial score (nSPS) is 14.7. The van der Waals surface area contributed by atoms with Crippen molar-refractivity contribution in [3.05, 3.63) is 29.8 Å². The van der Waals surface area contributed by atoms with Gasteiger partial charge in [-0.2, -0.15) is 0 Å². The first kappa shape index (κ1) is 14.0. The summed E-state index contributed by atoms with van der Waals surface area (Å²) in [5.41, 5.74) is 0.906. The highest BCUT2D eigenvalue weighted by atomic mass is 16.5. The van der Waals surface area contributed by atoms with Crippen LogP contribution in [-0.2, 0) is 0 Å². The number of benzene rings is 1. The maximum Gasteiger partial charge on any atom is 0.119 e. The number of nitrogens with one attached hydrogen (secondary N) is 1. The van der Waals surface area contributed by atoms with E-state index >= 15 is 0 Å². The lowest BCUT2D eigenvalue weighted by molar-refractivity contribution is 0.140. The van der Waals surface area contributed by atoms with E-state index < -0.39 is 6.10 Å². The number of hydrogen-bond acceptors (Lipinski definition) is 3. The SMILES string of the molecule is CNC(C)C(O)c1ccc(OCC(C)C)cc1. The maximum atomic E-state index is 9.99. The van der Waals surface area contributed by atoms with Crippen LogP contribution in [0.4, 0.5) is 0 Å². The van der Waals surface area contributed by atoms with Gasteiger partial charge in [0.2, 0.25) is 0 Å². The summed E-state index contributed by atoms with van der Waals surface area (Å²) in [4.78, 5) is 0. The van der Waals surface area contributed by atoms with E-state index in [1.807, 2.05) is 38.2 Å². The Balaban J connectivity index is 2.61. The first-order valence-corrected chi connectivity index (χ1v) is 6.12. The molecule has 0 amide bonds. The Morgan fingerprint density at radius 2 is 1.76 bits per heavy atom. The van der Waals surface area contributed by atoms with Crippen molar-refractivity contribution in [1.82, 2.24) is 5.32 Å². The molecule has 96 valence electrons. The van der Waals surface area contributed by atoms with Crippen molar-refractivity contribution in [3.63, 3.8) is 0 Å². The van der Waals surface area contributed by atoms with Crippen LogP contribution < -0.4 is 10.1 Å². The monoisotopic (exact) mass is 237 g/mol. The van der Waals surface area contributed by atoms with Crippen molar-refractivity contribution < 1.29 is 9.84 Å². The third-order valence-corrected chi connectivity index (χ3v) is 2.73. The molecule has 2 atom stereocenters. The second kappa shape index (κ2) is 6.62. The molecule has 0 heterocycles. The highest BCUT2D eigenvalue weighted by Gasteiger charge is 2.14. The maximum absolute atomic E-state index is 9.99. The molecule has 3 nitrogen and oxygen atoms in total. The molecular weight excluding hydrogens is 214 g/mol. The molecule has 0 spiro atoms. The molecule has 2 unspecified atom stereocenters. The van der Waals surface area contributed by atoms with Gasteiger partial charge in [0.1, 0.15) is 5.75 Å². The summed E-state index contributed by atoms with van der Waals surface area (Å²) in [6, 6.07) is 7.67. The smallest absolute Gasteiger partial charge is 0.119 e. The Morgan fingerprint density at radius 3 is 2.24 bits per heavy atom. The third kappa shape index (κ3) is 4.36. The first-order valence-electron chi connectivity index (χ1n) is 6.12. The molecule has 0 saturated heterocycles. The predicted octanol–water partition coefficient (Wildman–Crippen LogP) is 2.36. The fourth-order valence-corrected chi connectivity index (χ4v) is 1.47. The van der Waals surface area contributed by atoms with Crippen LogP contribution in [0.3, 0.4) is 0 Å². The number of ether oxygens (including phenoxy) is 1. The van der Waals surface area contributed by atoms with Gasteiger partial charge in [0, 0.05) is 6.04 Å². The van der Waals surface area contributed by atoms with Crippen LogP contribution in [0.5, 0.6) is 5.75 Å². The number of rotatable bonds is 6. The average molecular weight is 237 g/mol. The lowest BCUT2D eigenvalue weighted by Crippen LogP contribution is -2.28. The van der Waals surface area contributed by atoms with Crippen LogP contribution in [-0.4, -0.2) is 24.8 Å². The van der Waals surface area contributed by atoms with Crippen LogP contribution in [0.15, 0.2) is 24.3 Å². The zero-order valence-corrected chi connectivity index (χ0v) is 11.1. The highest BCUT2D eigenvalue weighted by Crippen LogP contribution is 2.20. The molecule has 0 aliphatic heterocycles. The second-order valence-corrected chi connectivity index (χ2v) is 4.80. The summed E-state index contributed by atoms with van der Waals surface area (Å²) in [6.07, 6.45) is -0.487. The Labute approximate surface area is 104 Å². The lowest BCUT2D eigenvalue weighted by Gasteiger charge is -2.18. The minimum Gasteiger partial charge on any atom is -0.493 e. The molecule has 0 aliphatic rings. The molecule has 2 N–H and O–H groups in total. The van der Waals surface area contributed by atoms with Crippen molar-refractivity contribution >= 4 is 0 Å². The van der Waals surface area contributed by atoms with Crippen molar-refractivity contribution in [2.24, 2.45) is 5.92 Å². The Hall–Kier alpha value is -1.06. The van der Waals surface area contributed by atoms with Crippen LogP contribution in [0.2, 0.25) is 0 Å². The van der Waals surface area contributed by atoms with Crippen LogP contribution in [0.1, 0.15) is 32.4 Å². The fraction of sp³-hybridized carbons (Fsp3) is 0.571. The summed E-state index contributed by atoms with van der Waals surface area (Å²) >= 11 is 0. The van der Waals surface area contributed by atoms with Gasteiger partial charge in [-0.3, -0.25) is 0 Å². The van der Waals surface area contributed by atoms with Gasteiger partial charge in [-0.15, -0.1) is 0 Å². The lowest BCUT2D eigenvalue weighted by atomic mass is 10.0. The summed E-state index contributed by atoms with van der Waals surface area (Å²) in [5, 5.41) is 13.0. The molecule has 0 bridgehead atoms. The molecule has 0 fully saturated rings. The van der Waals surface area contributed by atoms with Gasteiger partial charge >= 0.3 is 0 Å². The van der Waals surface area contributed by atoms with Gasteiger partial charge in [0.15, 0.2) is 0 Å². The van der Waals surface area contributed by atoms with E-state index in [1.54, 1.807) is 0 Å². The minimum absolute atomic E-state index is 0.0393. The van der Waals surface area contributed by atoms with Gasteiger partial charge < -0.3 is 15.2 Å². The average Bonchev–Trinajstić information content (AvgIpc) is 2.35. The van der Waals surface area contributed by atoms with E-state index in [-0.39, 0.29) is 6.04 Å². The number of hydrogen-bond donors (Lipinski definition) is 2. The molecule has 3 heteroatoms.